The van der Waals surface area contributed by atoms with Crippen LogP contribution in [0.5, 0.6) is 0 Å². The van der Waals surface area contributed by atoms with Gasteiger partial charge in [-0.05, 0) is 55.0 Å². The van der Waals surface area contributed by atoms with E-state index < -0.39 is 11.6 Å². The lowest BCUT2D eigenvalue weighted by Crippen LogP contribution is -2.53. The van der Waals surface area contributed by atoms with Gasteiger partial charge in [0, 0.05) is 22.8 Å². The molecule has 29 heavy (non-hydrogen) atoms. The highest BCUT2D eigenvalue weighted by Crippen LogP contribution is 2.32. The van der Waals surface area contributed by atoms with E-state index in [0.717, 1.165) is 15.7 Å². The highest BCUT2D eigenvalue weighted by Gasteiger charge is 2.45. The van der Waals surface area contributed by atoms with Crippen LogP contribution in [0.4, 0.5) is 5.69 Å². The van der Waals surface area contributed by atoms with Crippen molar-refractivity contribution in [3.63, 3.8) is 0 Å². The molecule has 0 aliphatic carbocycles. The Hall–Kier alpha value is -2.99. The Morgan fingerprint density at radius 3 is 2.55 bits per heavy atom. The number of halogens is 1. The van der Waals surface area contributed by atoms with Crippen LogP contribution in [0.2, 0.25) is 0 Å². The molecule has 146 valence electrons. The van der Waals surface area contributed by atoms with Crippen LogP contribution in [0.15, 0.2) is 77.4 Å². The van der Waals surface area contributed by atoms with E-state index in [2.05, 4.69) is 20.9 Å². The first kappa shape index (κ1) is 19.3. The maximum Gasteiger partial charge on any atom is 0.339 e. The molecule has 1 amide bonds. The van der Waals surface area contributed by atoms with Crippen LogP contribution in [-0.2, 0) is 22.5 Å². The van der Waals surface area contributed by atoms with Crippen LogP contribution in [0.25, 0.3) is 0 Å². The van der Waals surface area contributed by atoms with Gasteiger partial charge in [-0.15, -0.1) is 0 Å². The smallest absolute Gasteiger partial charge is 0.339 e. The van der Waals surface area contributed by atoms with Crippen LogP contribution < -0.4 is 4.90 Å². The highest BCUT2D eigenvalue weighted by molar-refractivity contribution is 9.10. The molecule has 0 bridgehead atoms. The molecular weight excluding hydrogens is 432 g/mol. The normalized spacial score (nSPS) is 17.9. The second-order valence-corrected chi connectivity index (χ2v) is 8.06. The minimum Gasteiger partial charge on any atom is -0.445 e. The first-order chi connectivity index (χ1) is 14.0. The fraction of sp³-hybridized carbons (Fsp3) is 0.174. The molecule has 1 atom stereocenters. The second-order valence-electron chi connectivity index (χ2n) is 7.14. The van der Waals surface area contributed by atoms with E-state index in [1.54, 1.807) is 30.2 Å². The van der Waals surface area contributed by atoms with Gasteiger partial charge in [0.2, 0.25) is 0 Å². The number of amides is 1. The number of benzene rings is 2. The SMILES string of the molecule is CC1(C(=O)N(Cc2ccccn2)c2ccc(Br)cc2)Cc2ccccc2C(=O)O1. The molecule has 5 nitrogen and oxygen atoms in total. The number of nitrogens with zero attached hydrogens (tertiary/aromatic N) is 2. The predicted octanol–water partition coefficient (Wildman–Crippen LogP) is 4.55. The van der Waals surface area contributed by atoms with Crippen molar-refractivity contribution in [2.75, 3.05) is 4.90 Å². The van der Waals surface area contributed by atoms with Gasteiger partial charge in [0.05, 0.1) is 17.8 Å². The molecule has 1 unspecified atom stereocenters. The average molecular weight is 451 g/mol. The van der Waals surface area contributed by atoms with E-state index in [1.807, 2.05) is 54.6 Å². The number of cyclic esters (lactones) is 1. The first-order valence-corrected chi connectivity index (χ1v) is 10.0. The van der Waals surface area contributed by atoms with E-state index in [0.29, 0.717) is 17.7 Å². The van der Waals surface area contributed by atoms with Crippen LogP contribution in [-0.4, -0.2) is 22.5 Å². The molecule has 1 aliphatic rings. The summed E-state index contributed by atoms with van der Waals surface area (Å²) in [7, 11) is 0. The maximum absolute atomic E-state index is 13.7. The number of esters is 1. The summed E-state index contributed by atoms with van der Waals surface area (Å²) in [6.07, 6.45) is 2.02. The topological polar surface area (TPSA) is 59.5 Å². The van der Waals surface area contributed by atoms with Crippen molar-refractivity contribution in [1.82, 2.24) is 4.98 Å². The van der Waals surface area contributed by atoms with Gasteiger partial charge in [-0.2, -0.15) is 0 Å². The molecular formula is C23H19BrN2O3. The summed E-state index contributed by atoms with van der Waals surface area (Å²) in [5.74, 6) is -0.760. The summed E-state index contributed by atoms with van der Waals surface area (Å²) in [4.78, 5) is 32.2. The molecule has 2 heterocycles. The molecule has 0 radical (unpaired) electrons. The Morgan fingerprint density at radius 1 is 1.10 bits per heavy atom. The minimum absolute atomic E-state index is 0.274. The van der Waals surface area contributed by atoms with E-state index in [-0.39, 0.29) is 12.5 Å². The second kappa shape index (κ2) is 7.79. The molecule has 0 spiro atoms. The van der Waals surface area contributed by atoms with Crippen molar-refractivity contribution in [2.45, 2.75) is 25.5 Å². The lowest BCUT2D eigenvalue weighted by atomic mass is 9.88. The van der Waals surface area contributed by atoms with Gasteiger partial charge in [0.1, 0.15) is 0 Å². The van der Waals surface area contributed by atoms with Gasteiger partial charge in [0.25, 0.3) is 5.91 Å². The summed E-state index contributed by atoms with van der Waals surface area (Å²) in [5, 5.41) is 0. The summed E-state index contributed by atoms with van der Waals surface area (Å²) in [6.45, 7) is 1.95. The molecule has 0 fully saturated rings. The maximum atomic E-state index is 13.7. The molecule has 2 aromatic carbocycles. The number of rotatable bonds is 4. The van der Waals surface area contributed by atoms with Gasteiger partial charge in [-0.3, -0.25) is 9.78 Å². The Bertz CT molecular complexity index is 1050. The summed E-state index contributed by atoms with van der Waals surface area (Å²) in [5.41, 5.74) is 1.48. The number of ether oxygens (including phenoxy) is 1. The number of aromatic nitrogens is 1. The fourth-order valence-corrected chi connectivity index (χ4v) is 3.76. The lowest BCUT2D eigenvalue weighted by molar-refractivity contribution is -0.137. The van der Waals surface area contributed by atoms with Crippen molar-refractivity contribution in [3.8, 4) is 0 Å². The molecule has 1 aliphatic heterocycles. The largest absolute Gasteiger partial charge is 0.445 e. The van der Waals surface area contributed by atoms with Crippen LogP contribution in [0.1, 0.15) is 28.5 Å². The van der Waals surface area contributed by atoms with E-state index in [9.17, 15) is 9.59 Å². The summed E-state index contributed by atoms with van der Waals surface area (Å²) in [6, 6.07) is 20.3. The van der Waals surface area contributed by atoms with Gasteiger partial charge in [0.15, 0.2) is 5.60 Å². The first-order valence-electron chi connectivity index (χ1n) is 9.25. The van der Waals surface area contributed by atoms with Crippen molar-refractivity contribution >= 4 is 33.5 Å². The predicted molar refractivity (Wildman–Crippen MR) is 114 cm³/mol. The third-order valence-electron chi connectivity index (χ3n) is 4.97. The number of anilines is 1. The Morgan fingerprint density at radius 2 is 1.83 bits per heavy atom. The summed E-state index contributed by atoms with van der Waals surface area (Å²) >= 11 is 3.43. The van der Waals surface area contributed by atoms with Crippen molar-refractivity contribution in [3.05, 3.63) is 94.2 Å². The van der Waals surface area contributed by atoms with Crippen LogP contribution >= 0.6 is 15.9 Å². The van der Waals surface area contributed by atoms with Crippen LogP contribution in [0.3, 0.4) is 0 Å². The highest BCUT2D eigenvalue weighted by atomic mass is 79.9. The van der Waals surface area contributed by atoms with Gasteiger partial charge in [-0.25, -0.2) is 4.79 Å². The Balaban J connectivity index is 1.71. The van der Waals surface area contributed by atoms with Crippen molar-refractivity contribution in [1.29, 1.82) is 0 Å². The summed E-state index contributed by atoms with van der Waals surface area (Å²) < 4.78 is 6.58. The fourth-order valence-electron chi connectivity index (χ4n) is 3.49. The van der Waals surface area contributed by atoms with E-state index in [4.69, 9.17) is 4.74 Å². The minimum atomic E-state index is -1.30. The standard InChI is InChI=1S/C23H19BrN2O3/c1-23(14-16-6-2-3-8-20(16)21(27)29-23)22(28)26(15-18-7-4-5-13-25-18)19-11-9-17(24)10-12-19/h2-13H,14-15H2,1H3. The molecule has 0 N–H and O–H groups in total. The number of carbonyl (C=O) groups is 2. The molecule has 4 rings (SSSR count). The average Bonchev–Trinajstić information content (AvgIpc) is 2.73. The third kappa shape index (κ3) is 3.93. The zero-order valence-electron chi connectivity index (χ0n) is 15.8. The van der Waals surface area contributed by atoms with E-state index >= 15 is 0 Å². The Labute approximate surface area is 177 Å². The van der Waals surface area contributed by atoms with Crippen molar-refractivity contribution < 1.29 is 14.3 Å². The monoisotopic (exact) mass is 450 g/mol. The third-order valence-corrected chi connectivity index (χ3v) is 5.49. The number of hydrogen-bond donors (Lipinski definition) is 0. The van der Waals surface area contributed by atoms with Crippen LogP contribution in [0, 0.1) is 0 Å². The van der Waals surface area contributed by atoms with Gasteiger partial charge < -0.3 is 9.64 Å². The molecule has 1 aromatic heterocycles. The number of pyridine rings is 1. The van der Waals surface area contributed by atoms with Gasteiger partial charge in [-0.1, -0.05) is 40.2 Å². The number of hydrogen-bond acceptors (Lipinski definition) is 4. The number of carbonyl (C=O) groups excluding carboxylic acids is 2. The quantitative estimate of drug-likeness (QED) is 0.547. The zero-order chi connectivity index (χ0) is 20.4. The molecule has 0 saturated carbocycles. The zero-order valence-corrected chi connectivity index (χ0v) is 17.4. The molecule has 3 aromatic rings. The lowest BCUT2D eigenvalue weighted by Gasteiger charge is -2.37. The number of fused-ring (bicyclic) bond motifs is 1. The van der Waals surface area contributed by atoms with E-state index in [1.165, 1.54) is 0 Å². The molecule has 0 saturated heterocycles. The van der Waals surface area contributed by atoms with Gasteiger partial charge >= 0.3 is 5.97 Å². The Kier molecular flexibility index (Phi) is 5.20. The molecule has 6 heteroatoms. The van der Waals surface area contributed by atoms with Crippen molar-refractivity contribution in [2.24, 2.45) is 0 Å².